The minimum Gasteiger partial charge on any atom is -0.497 e. The van der Waals surface area contributed by atoms with Gasteiger partial charge in [0.1, 0.15) is 11.5 Å². The molecule has 0 aromatic heterocycles. The van der Waals surface area contributed by atoms with Gasteiger partial charge in [-0.2, -0.15) is 0 Å². The predicted molar refractivity (Wildman–Crippen MR) is 74.5 cm³/mol. The van der Waals surface area contributed by atoms with Gasteiger partial charge in [-0.25, -0.2) is 0 Å². The molecule has 1 rings (SSSR count). The van der Waals surface area contributed by atoms with Gasteiger partial charge in [0.15, 0.2) is 0 Å². The van der Waals surface area contributed by atoms with Crippen LogP contribution in [0.25, 0.3) is 0 Å². The summed E-state index contributed by atoms with van der Waals surface area (Å²) in [6.45, 7) is 6.19. The maximum absolute atomic E-state index is 7.80. The molecular formula is C13H20ClNO3. The number of nitrogens with one attached hydrogen (secondary N) is 1. The number of hydrogen-bond donors (Lipinski definition) is 1. The molecule has 0 atom stereocenters. The first-order chi connectivity index (χ1) is 8.08. The number of hydrogen-bond acceptors (Lipinski definition) is 4. The zero-order valence-corrected chi connectivity index (χ0v) is 12.0. The summed E-state index contributed by atoms with van der Waals surface area (Å²) in [7, 11) is 1.60. The van der Waals surface area contributed by atoms with E-state index in [1.807, 2.05) is 20.8 Å². The number of benzene rings is 1. The van der Waals surface area contributed by atoms with Gasteiger partial charge in [-0.3, -0.25) is 5.41 Å². The lowest BCUT2D eigenvalue weighted by Crippen LogP contribution is -2.12. The van der Waals surface area contributed by atoms with E-state index in [9.17, 15) is 0 Å². The largest absolute Gasteiger partial charge is 0.497 e. The monoisotopic (exact) mass is 273 g/mol. The van der Waals surface area contributed by atoms with Crippen LogP contribution in [0.3, 0.4) is 0 Å². The minimum atomic E-state index is 0. The van der Waals surface area contributed by atoms with Gasteiger partial charge in [0.2, 0.25) is 5.90 Å². The normalized spacial score (nSPS) is 9.61. The van der Waals surface area contributed by atoms with Gasteiger partial charge in [-0.05, 0) is 32.9 Å². The lowest BCUT2D eigenvalue weighted by atomic mass is 10.2. The van der Waals surface area contributed by atoms with Crippen molar-refractivity contribution in [2.45, 2.75) is 26.9 Å². The third-order valence-electron chi connectivity index (χ3n) is 2.08. The van der Waals surface area contributed by atoms with Crippen molar-refractivity contribution in [3.63, 3.8) is 0 Å². The van der Waals surface area contributed by atoms with Gasteiger partial charge in [0.25, 0.3) is 0 Å². The zero-order chi connectivity index (χ0) is 12.8. The highest BCUT2D eigenvalue weighted by atomic mass is 35.5. The van der Waals surface area contributed by atoms with Crippen molar-refractivity contribution in [2.75, 3.05) is 13.7 Å². The van der Waals surface area contributed by atoms with E-state index in [0.717, 1.165) is 0 Å². The molecule has 0 bridgehead atoms. The molecule has 0 heterocycles. The third-order valence-corrected chi connectivity index (χ3v) is 2.08. The van der Waals surface area contributed by atoms with E-state index >= 15 is 0 Å². The predicted octanol–water partition coefficient (Wildman–Crippen LogP) is 3.27. The Labute approximate surface area is 114 Å². The van der Waals surface area contributed by atoms with Gasteiger partial charge in [0.05, 0.1) is 25.4 Å². The number of methoxy groups -OCH3 is 1. The van der Waals surface area contributed by atoms with E-state index in [1.54, 1.807) is 25.3 Å². The van der Waals surface area contributed by atoms with E-state index in [2.05, 4.69) is 0 Å². The van der Waals surface area contributed by atoms with Crippen molar-refractivity contribution < 1.29 is 14.2 Å². The summed E-state index contributed by atoms with van der Waals surface area (Å²) in [6.07, 6.45) is 0.0373. The highest BCUT2D eigenvalue weighted by Crippen LogP contribution is 2.26. The maximum atomic E-state index is 7.80. The number of ether oxygens (including phenoxy) is 3. The molecule has 0 fully saturated rings. The average Bonchev–Trinajstić information content (AvgIpc) is 2.28. The van der Waals surface area contributed by atoms with E-state index in [-0.39, 0.29) is 24.4 Å². The minimum absolute atomic E-state index is 0. The molecule has 102 valence electrons. The molecule has 1 N–H and O–H groups in total. The SMILES string of the molecule is CCOC(=N)c1ccc(OC)cc1OC(C)C.Cl. The fourth-order valence-electron chi connectivity index (χ4n) is 1.39. The fourth-order valence-corrected chi connectivity index (χ4v) is 1.39. The molecule has 18 heavy (non-hydrogen) atoms. The molecule has 0 amide bonds. The lowest BCUT2D eigenvalue weighted by Gasteiger charge is -2.15. The van der Waals surface area contributed by atoms with Crippen LogP contribution in [0.5, 0.6) is 11.5 Å². The molecular weight excluding hydrogens is 254 g/mol. The molecule has 0 aliphatic carbocycles. The van der Waals surface area contributed by atoms with Crippen molar-refractivity contribution in [1.82, 2.24) is 0 Å². The first-order valence-corrected chi connectivity index (χ1v) is 5.64. The highest BCUT2D eigenvalue weighted by Gasteiger charge is 2.12. The Balaban J connectivity index is 0.00000289. The van der Waals surface area contributed by atoms with Crippen LogP contribution >= 0.6 is 12.4 Å². The van der Waals surface area contributed by atoms with Crippen LogP contribution in [-0.2, 0) is 4.74 Å². The van der Waals surface area contributed by atoms with Crippen molar-refractivity contribution in [2.24, 2.45) is 0 Å². The third kappa shape index (κ3) is 4.45. The Bertz CT molecular complexity index is 394. The topological polar surface area (TPSA) is 51.5 Å². The fraction of sp³-hybridized carbons (Fsp3) is 0.462. The van der Waals surface area contributed by atoms with Gasteiger partial charge in [0, 0.05) is 6.07 Å². The van der Waals surface area contributed by atoms with Crippen molar-refractivity contribution in [1.29, 1.82) is 5.41 Å². The summed E-state index contributed by atoms with van der Waals surface area (Å²) in [6, 6.07) is 5.33. The van der Waals surface area contributed by atoms with Crippen LogP contribution in [0.15, 0.2) is 18.2 Å². The van der Waals surface area contributed by atoms with Crippen LogP contribution < -0.4 is 9.47 Å². The van der Waals surface area contributed by atoms with Gasteiger partial charge < -0.3 is 14.2 Å². The number of rotatable bonds is 5. The van der Waals surface area contributed by atoms with E-state index in [1.165, 1.54) is 0 Å². The highest BCUT2D eigenvalue weighted by molar-refractivity contribution is 5.94. The van der Waals surface area contributed by atoms with Crippen LogP contribution in [0.2, 0.25) is 0 Å². The summed E-state index contributed by atoms with van der Waals surface area (Å²) in [4.78, 5) is 0. The van der Waals surface area contributed by atoms with Crippen molar-refractivity contribution in [3.05, 3.63) is 23.8 Å². The Kier molecular flexibility index (Phi) is 7.20. The molecule has 0 aliphatic rings. The molecule has 0 saturated heterocycles. The number of halogens is 1. The second-order valence-corrected chi connectivity index (χ2v) is 3.79. The smallest absolute Gasteiger partial charge is 0.217 e. The van der Waals surface area contributed by atoms with Gasteiger partial charge >= 0.3 is 0 Å². The molecule has 0 radical (unpaired) electrons. The first kappa shape index (κ1) is 16.6. The zero-order valence-electron chi connectivity index (χ0n) is 11.1. The van der Waals surface area contributed by atoms with E-state index < -0.39 is 0 Å². The molecule has 0 aliphatic heterocycles. The summed E-state index contributed by atoms with van der Waals surface area (Å²) in [5.41, 5.74) is 0.640. The van der Waals surface area contributed by atoms with E-state index in [4.69, 9.17) is 19.6 Å². The second kappa shape index (κ2) is 7.82. The first-order valence-electron chi connectivity index (χ1n) is 5.64. The van der Waals surface area contributed by atoms with Crippen LogP contribution in [0, 0.1) is 5.41 Å². The molecule has 0 unspecified atom stereocenters. The summed E-state index contributed by atoms with van der Waals surface area (Å²) >= 11 is 0. The Morgan fingerprint density at radius 3 is 2.50 bits per heavy atom. The summed E-state index contributed by atoms with van der Waals surface area (Å²) < 4.78 is 16.0. The Morgan fingerprint density at radius 1 is 1.33 bits per heavy atom. The van der Waals surface area contributed by atoms with Gasteiger partial charge in [-0.15, -0.1) is 12.4 Å². The van der Waals surface area contributed by atoms with Crippen LogP contribution in [0.4, 0.5) is 0 Å². The Hall–Kier alpha value is -1.42. The Morgan fingerprint density at radius 2 is 2.00 bits per heavy atom. The van der Waals surface area contributed by atoms with Crippen LogP contribution in [-0.4, -0.2) is 25.7 Å². The van der Waals surface area contributed by atoms with Crippen LogP contribution in [0.1, 0.15) is 26.3 Å². The van der Waals surface area contributed by atoms with Gasteiger partial charge in [-0.1, -0.05) is 0 Å². The molecule has 0 saturated carbocycles. The molecule has 0 spiro atoms. The van der Waals surface area contributed by atoms with Crippen molar-refractivity contribution in [3.8, 4) is 11.5 Å². The quantitative estimate of drug-likeness (QED) is 0.662. The molecule has 4 nitrogen and oxygen atoms in total. The van der Waals surface area contributed by atoms with Crippen molar-refractivity contribution >= 4 is 18.3 Å². The maximum Gasteiger partial charge on any atom is 0.217 e. The summed E-state index contributed by atoms with van der Waals surface area (Å²) in [5.74, 6) is 1.43. The standard InChI is InChI=1S/C13H19NO3.ClH/c1-5-16-13(14)11-7-6-10(15-4)8-12(11)17-9(2)3;/h6-9,14H,5H2,1-4H3;1H. The average molecular weight is 274 g/mol. The lowest BCUT2D eigenvalue weighted by molar-refractivity contribution is 0.239. The second-order valence-electron chi connectivity index (χ2n) is 3.79. The molecule has 1 aromatic rings. The summed E-state index contributed by atoms with van der Waals surface area (Å²) in [5, 5.41) is 7.80. The molecule has 1 aromatic carbocycles. The molecule has 5 heteroatoms. The van der Waals surface area contributed by atoms with E-state index in [0.29, 0.717) is 23.7 Å².